The predicted octanol–water partition coefficient (Wildman–Crippen LogP) is 3.32. The van der Waals surface area contributed by atoms with Gasteiger partial charge in [-0.2, -0.15) is 0 Å². The second-order valence-electron chi connectivity index (χ2n) is 11.5. The minimum Gasteiger partial charge on any atom is -0.374 e. The largest absolute Gasteiger partial charge is 0.374 e. The molecule has 1 heterocycles. The lowest BCUT2D eigenvalue weighted by Crippen LogP contribution is -2.58. The molecule has 4 N–H and O–H groups in total. The SMILES string of the molecule is CCN(CC1=C(c2ccccc2)S(=O)(=O)NC12CCCCC2)C(=O)[C@@H](COCc1ccccc1)NC(=O)C(C)(C)N. The van der Waals surface area contributed by atoms with E-state index in [0.717, 1.165) is 24.8 Å². The number of hydrogen-bond acceptors (Lipinski definition) is 6. The van der Waals surface area contributed by atoms with Crippen LogP contribution in [0.1, 0.15) is 64.0 Å². The lowest BCUT2D eigenvalue weighted by atomic mass is 9.76. The first-order valence-electron chi connectivity index (χ1n) is 14.3. The van der Waals surface area contributed by atoms with Crippen LogP contribution in [0.4, 0.5) is 0 Å². The zero-order valence-corrected chi connectivity index (χ0v) is 25.0. The molecule has 1 fully saturated rings. The lowest BCUT2D eigenvalue weighted by molar-refractivity contribution is -0.139. The average molecular weight is 583 g/mol. The maximum Gasteiger partial charge on any atom is 0.247 e. The quantitative estimate of drug-likeness (QED) is 0.373. The molecule has 0 radical (unpaired) electrons. The van der Waals surface area contributed by atoms with Gasteiger partial charge in [0.1, 0.15) is 6.04 Å². The monoisotopic (exact) mass is 582 g/mol. The molecular weight excluding hydrogens is 540 g/mol. The van der Waals surface area contributed by atoms with Crippen LogP contribution >= 0.6 is 0 Å². The number of nitrogens with one attached hydrogen (secondary N) is 2. The summed E-state index contributed by atoms with van der Waals surface area (Å²) in [4.78, 5) is 28.8. The summed E-state index contributed by atoms with van der Waals surface area (Å²) in [6.45, 7) is 5.64. The highest BCUT2D eigenvalue weighted by molar-refractivity contribution is 7.99. The Kier molecular flexibility index (Phi) is 9.69. The molecule has 1 spiro atoms. The first-order chi connectivity index (χ1) is 19.5. The number of carbonyl (C=O) groups is 2. The van der Waals surface area contributed by atoms with E-state index in [1.807, 2.05) is 55.5 Å². The molecule has 1 aliphatic carbocycles. The van der Waals surface area contributed by atoms with Crippen molar-refractivity contribution < 1.29 is 22.7 Å². The van der Waals surface area contributed by atoms with E-state index in [9.17, 15) is 18.0 Å². The van der Waals surface area contributed by atoms with Gasteiger partial charge < -0.3 is 20.7 Å². The van der Waals surface area contributed by atoms with Crippen molar-refractivity contribution in [1.29, 1.82) is 0 Å². The normalized spacial score (nSPS) is 18.7. The van der Waals surface area contributed by atoms with Gasteiger partial charge in [-0.05, 0) is 50.3 Å². The van der Waals surface area contributed by atoms with Gasteiger partial charge in [0.05, 0.1) is 29.2 Å². The summed E-state index contributed by atoms with van der Waals surface area (Å²) in [5.41, 5.74) is 6.34. The van der Waals surface area contributed by atoms with Crippen LogP contribution in [0.3, 0.4) is 0 Å². The van der Waals surface area contributed by atoms with Crippen LogP contribution in [0, 0.1) is 0 Å². The Labute approximate surface area is 243 Å². The Bertz CT molecular complexity index is 1350. The van der Waals surface area contributed by atoms with Gasteiger partial charge in [0.2, 0.25) is 21.8 Å². The van der Waals surface area contributed by atoms with E-state index in [1.165, 1.54) is 0 Å². The molecule has 0 saturated heterocycles. The molecule has 41 heavy (non-hydrogen) atoms. The average Bonchev–Trinajstić information content (AvgIpc) is 3.16. The van der Waals surface area contributed by atoms with E-state index in [2.05, 4.69) is 10.0 Å². The number of nitrogens with zero attached hydrogens (tertiary/aromatic N) is 1. The van der Waals surface area contributed by atoms with Gasteiger partial charge in [-0.1, -0.05) is 79.9 Å². The third-order valence-electron chi connectivity index (χ3n) is 7.82. The van der Waals surface area contributed by atoms with Crippen molar-refractivity contribution >= 4 is 26.7 Å². The maximum absolute atomic E-state index is 14.0. The number of likely N-dealkylation sites (N-methyl/N-ethyl adjacent to an activating group) is 1. The van der Waals surface area contributed by atoms with E-state index in [4.69, 9.17) is 10.5 Å². The zero-order chi connectivity index (χ0) is 29.7. The minimum absolute atomic E-state index is 0.0572. The highest BCUT2D eigenvalue weighted by Crippen LogP contribution is 2.45. The van der Waals surface area contributed by atoms with Crippen molar-refractivity contribution in [3.8, 4) is 0 Å². The fourth-order valence-corrected chi connectivity index (χ4v) is 7.57. The van der Waals surface area contributed by atoms with E-state index < -0.39 is 33.1 Å². The highest BCUT2D eigenvalue weighted by Gasteiger charge is 2.49. The molecule has 1 aliphatic heterocycles. The van der Waals surface area contributed by atoms with Crippen molar-refractivity contribution in [2.24, 2.45) is 5.73 Å². The topological polar surface area (TPSA) is 131 Å². The number of benzene rings is 2. The summed E-state index contributed by atoms with van der Waals surface area (Å²) in [5.74, 6) is -0.832. The van der Waals surface area contributed by atoms with Crippen molar-refractivity contribution in [2.45, 2.75) is 76.6 Å². The van der Waals surface area contributed by atoms with Crippen LogP contribution < -0.4 is 15.8 Å². The molecule has 9 nitrogen and oxygen atoms in total. The molecule has 2 aromatic carbocycles. The lowest BCUT2D eigenvalue weighted by Gasteiger charge is -2.38. The number of amides is 2. The van der Waals surface area contributed by atoms with Crippen molar-refractivity contribution in [2.75, 3.05) is 19.7 Å². The van der Waals surface area contributed by atoms with Crippen LogP contribution in [0.5, 0.6) is 0 Å². The van der Waals surface area contributed by atoms with Gasteiger partial charge in [0.15, 0.2) is 0 Å². The Balaban J connectivity index is 1.66. The van der Waals surface area contributed by atoms with Crippen LogP contribution in [-0.4, -0.2) is 61.9 Å². The summed E-state index contributed by atoms with van der Waals surface area (Å²) in [5, 5.41) is 2.78. The molecular formula is C31H42N4O5S. The summed E-state index contributed by atoms with van der Waals surface area (Å²) >= 11 is 0. The first-order valence-corrected chi connectivity index (χ1v) is 15.8. The number of hydrogen-bond donors (Lipinski definition) is 3. The number of rotatable bonds is 11. The van der Waals surface area contributed by atoms with E-state index in [-0.39, 0.29) is 30.6 Å². The standard InChI is InChI=1S/C31H42N4O5S/c1-4-35(28(36)26(33-29(37)30(2,3)32)22-40-21-23-14-8-5-9-15-23)20-25-27(24-16-10-6-11-17-24)41(38,39)34-31(25)18-12-7-13-19-31/h5-6,8-11,14-17,26,34H,4,7,12-13,18-22,32H2,1-3H3,(H,33,37)/t26-/m1/s1. The van der Waals surface area contributed by atoms with Crippen molar-refractivity contribution in [3.05, 3.63) is 77.4 Å². The predicted molar refractivity (Wildman–Crippen MR) is 160 cm³/mol. The van der Waals surface area contributed by atoms with Gasteiger partial charge in [-0.3, -0.25) is 9.59 Å². The summed E-state index contributed by atoms with van der Waals surface area (Å²) in [6.07, 6.45) is 4.17. The first kappa shape index (κ1) is 30.9. The van der Waals surface area contributed by atoms with E-state index >= 15 is 0 Å². The zero-order valence-electron chi connectivity index (χ0n) is 24.2. The van der Waals surface area contributed by atoms with Gasteiger partial charge in [-0.15, -0.1) is 0 Å². The second-order valence-corrected chi connectivity index (χ2v) is 13.1. The van der Waals surface area contributed by atoms with Crippen LogP contribution in [0.2, 0.25) is 0 Å². The third kappa shape index (κ3) is 7.24. The summed E-state index contributed by atoms with van der Waals surface area (Å²) in [7, 11) is -3.80. The van der Waals surface area contributed by atoms with E-state index in [0.29, 0.717) is 30.5 Å². The van der Waals surface area contributed by atoms with Crippen LogP contribution in [0.25, 0.3) is 4.91 Å². The smallest absolute Gasteiger partial charge is 0.247 e. The van der Waals surface area contributed by atoms with Gasteiger partial charge in [0.25, 0.3) is 0 Å². The Morgan fingerprint density at radius 3 is 2.24 bits per heavy atom. The molecule has 2 amide bonds. The Morgan fingerprint density at radius 2 is 1.66 bits per heavy atom. The van der Waals surface area contributed by atoms with Crippen molar-refractivity contribution in [3.63, 3.8) is 0 Å². The van der Waals surface area contributed by atoms with Crippen LogP contribution in [0.15, 0.2) is 66.2 Å². The number of carbonyl (C=O) groups excluding carboxylic acids is 2. The van der Waals surface area contributed by atoms with E-state index in [1.54, 1.807) is 30.9 Å². The fourth-order valence-electron chi connectivity index (χ4n) is 5.60. The molecule has 4 rings (SSSR count). The van der Waals surface area contributed by atoms with Gasteiger partial charge in [0, 0.05) is 13.1 Å². The highest BCUT2D eigenvalue weighted by atomic mass is 32.2. The maximum atomic E-state index is 14.0. The number of ether oxygens (including phenoxy) is 1. The number of sulfonamides is 1. The second kappa shape index (κ2) is 12.9. The summed E-state index contributed by atoms with van der Waals surface area (Å²) in [6, 6.07) is 17.6. The van der Waals surface area contributed by atoms with Crippen molar-refractivity contribution in [1.82, 2.24) is 14.9 Å². The molecule has 0 aromatic heterocycles. The Morgan fingerprint density at radius 1 is 1.05 bits per heavy atom. The fraction of sp³-hybridized carbons (Fsp3) is 0.484. The Hall–Kier alpha value is -3.05. The molecule has 222 valence electrons. The molecule has 10 heteroatoms. The van der Waals surface area contributed by atoms with Gasteiger partial charge >= 0.3 is 0 Å². The molecule has 2 aromatic rings. The molecule has 1 saturated carbocycles. The molecule has 1 atom stereocenters. The molecule has 0 bridgehead atoms. The molecule has 0 unspecified atom stereocenters. The van der Waals surface area contributed by atoms with Crippen LogP contribution in [-0.2, 0) is 31.0 Å². The number of nitrogens with two attached hydrogens (primary N) is 1. The molecule has 2 aliphatic rings. The minimum atomic E-state index is -3.80. The third-order valence-corrected chi connectivity index (χ3v) is 9.50. The summed E-state index contributed by atoms with van der Waals surface area (Å²) < 4.78 is 36.1. The van der Waals surface area contributed by atoms with Gasteiger partial charge in [-0.25, -0.2) is 13.1 Å².